The molecule has 1 amide bonds. The summed E-state index contributed by atoms with van der Waals surface area (Å²) in [4.78, 5) is 27.0. The van der Waals surface area contributed by atoms with Crippen LogP contribution in [-0.2, 0) is 22.6 Å². The van der Waals surface area contributed by atoms with Crippen LogP contribution in [-0.4, -0.2) is 58.6 Å². The van der Waals surface area contributed by atoms with Gasteiger partial charge < -0.3 is 14.8 Å². The molecule has 2 aromatic carbocycles. The van der Waals surface area contributed by atoms with E-state index in [-0.39, 0.29) is 23.5 Å². The Hall–Kier alpha value is -3.79. The van der Waals surface area contributed by atoms with Crippen LogP contribution in [0.5, 0.6) is 5.75 Å². The molecule has 1 N–H and O–H groups in total. The lowest BCUT2D eigenvalue weighted by molar-refractivity contribution is -0.125. The molecule has 0 aliphatic carbocycles. The Morgan fingerprint density at radius 1 is 1.09 bits per heavy atom. The quantitative estimate of drug-likeness (QED) is 0.508. The minimum Gasteiger partial charge on any atom is -0.497 e. The van der Waals surface area contributed by atoms with Crippen LogP contribution in [0.25, 0.3) is 0 Å². The standard InChI is InChI=1S/C24H26FN5O4/c1-33-20-9-5-16(6-10-20)12-26-23(31)22-11-19(30-15-21(27-28-30)24(32)34-2)14-29(22)13-17-3-7-18(25)8-4-17/h3-10,15,19,22H,11-14H2,1-2H3,(H,26,31)/t19-,22-/m0/s1. The largest absolute Gasteiger partial charge is 0.497 e. The van der Waals surface area contributed by atoms with E-state index >= 15 is 0 Å². The van der Waals surface area contributed by atoms with Crippen molar-refractivity contribution >= 4 is 11.9 Å². The molecular weight excluding hydrogens is 441 g/mol. The minimum absolute atomic E-state index is 0.111. The Morgan fingerprint density at radius 3 is 2.47 bits per heavy atom. The maximum absolute atomic E-state index is 13.4. The lowest BCUT2D eigenvalue weighted by atomic mass is 10.1. The fourth-order valence-corrected chi connectivity index (χ4v) is 4.05. The first-order valence-electron chi connectivity index (χ1n) is 10.9. The third-order valence-electron chi connectivity index (χ3n) is 5.89. The van der Waals surface area contributed by atoms with Gasteiger partial charge in [0.1, 0.15) is 11.6 Å². The van der Waals surface area contributed by atoms with Gasteiger partial charge in [-0.15, -0.1) is 5.10 Å². The van der Waals surface area contributed by atoms with E-state index in [1.165, 1.54) is 25.4 Å². The van der Waals surface area contributed by atoms with Crippen LogP contribution in [0, 0.1) is 5.82 Å². The Balaban J connectivity index is 1.48. The predicted molar refractivity (Wildman–Crippen MR) is 120 cm³/mol. The molecule has 0 unspecified atom stereocenters. The molecule has 1 fully saturated rings. The summed E-state index contributed by atoms with van der Waals surface area (Å²) in [5, 5.41) is 11.0. The number of ether oxygens (including phenoxy) is 2. The number of hydrogen-bond acceptors (Lipinski definition) is 7. The number of carbonyl (C=O) groups is 2. The van der Waals surface area contributed by atoms with Crippen LogP contribution in [0.4, 0.5) is 4.39 Å². The number of carbonyl (C=O) groups excluding carboxylic acids is 2. The van der Waals surface area contributed by atoms with Crippen LogP contribution in [0.15, 0.2) is 54.7 Å². The van der Waals surface area contributed by atoms with Crippen molar-refractivity contribution in [2.24, 2.45) is 0 Å². The van der Waals surface area contributed by atoms with Gasteiger partial charge in [-0.25, -0.2) is 13.9 Å². The van der Waals surface area contributed by atoms with Gasteiger partial charge in [0.15, 0.2) is 5.69 Å². The summed E-state index contributed by atoms with van der Waals surface area (Å²) in [5.74, 6) is -0.247. The normalized spacial score (nSPS) is 18.0. The molecule has 10 heteroatoms. The summed E-state index contributed by atoms with van der Waals surface area (Å²) >= 11 is 0. The van der Waals surface area contributed by atoms with Gasteiger partial charge in [-0.1, -0.05) is 29.5 Å². The highest BCUT2D eigenvalue weighted by atomic mass is 19.1. The maximum Gasteiger partial charge on any atom is 0.360 e. The second-order valence-corrected chi connectivity index (χ2v) is 8.10. The summed E-state index contributed by atoms with van der Waals surface area (Å²) in [5.41, 5.74) is 1.96. The molecule has 2 atom stereocenters. The summed E-state index contributed by atoms with van der Waals surface area (Å²) in [7, 11) is 2.89. The predicted octanol–water partition coefficient (Wildman–Crippen LogP) is 2.34. The van der Waals surface area contributed by atoms with Crippen LogP contribution < -0.4 is 10.1 Å². The highest BCUT2D eigenvalue weighted by Gasteiger charge is 2.38. The molecule has 1 aliphatic rings. The van der Waals surface area contributed by atoms with E-state index in [1.54, 1.807) is 23.9 Å². The Morgan fingerprint density at radius 2 is 1.79 bits per heavy atom. The van der Waals surface area contributed by atoms with Crippen molar-refractivity contribution in [1.82, 2.24) is 25.2 Å². The first-order chi connectivity index (χ1) is 16.5. The van der Waals surface area contributed by atoms with Crippen LogP contribution in [0.3, 0.4) is 0 Å². The number of esters is 1. The van der Waals surface area contributed by atoms with Crippen LogP contribution in [0.1, 0.15) is 34.1 Å². The van der Waals surface area contributed by atoms with Gasteiger partial charge >= 0.3 is 5.97 Å². The van der Waals surface area contributed by atoms with Crippen molar-refractivity contribution in [3.8, 4) is 5.75 Å². The fraction of sp³-hybridized carbons (Fsp3) is 0.333. The smallest absolute Gasteiger partial charge is 0.360 e. The fourth-order valence-electron chi connectivity index (χ4n) is 4.05. The van der Waals surface area contributed by atoms with Gasteiger partial charge in [0.2, 0.25) is 5.91 Å². The molecule has 2 heterocycles. The molecule has 1 saturated heterocycles. The van der Waals surface area contributed by atoms with E-state index in [0.717, 1.165) is 16.9 Å². The number of amides is 1. The van der Waals surface area contributed by atoms with Crippen molar-refractivity contribution in [1.29, 1.82) is 0 Å². The summed E-state index contributed by atoms with van der Waals surface area (Å²) in [6, 6.07) is 13.1. The number of nitrogens with one attached hydrogen (secondary N) is 1. The summed E-state index contributed by atoms with van der Waals surface area (Å²) < 4.78 is 24.8. The lowest BCUT2D eigenvalue weighted by Crippen LogP contribution is -2.42. The molecule has 34 heavy (non-hydrogen) atoms. The number of hydrogen-bond donors (Lipinski definition) is 1. The van der Waals surface area contributed by atoms with Gasteiger partial charge in [-0.2, -0.15) is 0 Å². The SMILES string of the molecule is COC(=O)c1cn([C@H]2C[C@@H](C(=O)NCc3ccc(OC)cc3)N(Cc3ccc(F)cc3)C2)nn1. The topological polar surface area (TPSA) is 98.6 Å². The van der Waals surface area contributed by atoms with E-state index in [2.05, 4.69) is 15.6 Å². The zero-order valence-electron chi connectivity index (χ0n) is 19.0. The number of aromatic nitrogens is 3. The number of methoxy groups -OCH3 is 2. The molecule has 0 bridgehead atoms. The van der Waals surface area contributed by atoms with Crippen molar-refractivity contribution in [3.63, 3.8) is 0 Å². The molecule has 9 nitrogen and oxygen atoms in total. The zero-order chi connectivity index (χ0) is 24.1. The molecule has 1 aliphatic heterocycles. The van der Waals surface area contributed by atoms with Gasteiger partial charge in [-0.3, -0.25) is 9.69 Å². The van der Waals surface area contributed by atoms with Crippen molar-refractivity contribution in [3.05, 3.63) is 77.4 Å². The van der Waals surface area contributed by atoms with Gasteiger partial charge in [0, 0.05) is 19.6 Å². The highest BCUT2D eigenvalue weighted by molar-refractivity contribution is 5.86. The molecule has 0 spiro atoms. The van der Waals surface area contributed by atoms with E-state index in [4.69, 9.17) is 9.47 Å². The average Bonchev–Trinajstić information content (AvgIpc) is 3.51. The molecule has 1 aromatic heterocycles. The number of likely N-dealkylation sites (tertiary alicyclic amines) is 1. The third kappa shape index (κ3) is 5.40. The molecular formula is C24H26FN5O4. The number of halogens is 1. The van der Waals surface area contributed by atoms with Gasteiger partial charge in [0.25, 0.3) is 0 Å². The monoisotopic (exact) mass is 467 g/mol. The molecule has 0 saturated carbocycles. The van der Waals surface area contributed by atoms with E-state index in [9.17, 15) is 14.0 Å². The molecule has 178 valence electrons. The van der Waals surface area contributed by atoms with Gasteiger partial charge in [-0.05, 0) is 41.8 Å². The number of nitrogens with zero attached hydrogens (tertiary/aromatic N) is 4. The first kappa shape index (κ1) is 23.4. The number of benzene rings is 2. The molecule has 3 aromatic rings. The Bertz CT molecular complexity index is 1130. The minimum atomic E-state index is -0.568. The van der Waals surface area contributed by atoms with Crippen LogP contribution in [0.2, 0.25) is 0 Å². The maximum atomic E-state index is 13.4. The Kier molecular flexibility index (Phi) is 7.17. The van der Waals surface area contributed by atoms with Gasteiger partial charge in [0.05, 0.1) is 32.5 Å². The number of rotatable bonds is 8. The second kappa shape index (κ2) is 10.4. The summed E-state index contributed by atoms with van der Waals surface area (Å²) in [6.07, 6.45) is 2.02. The van der Waals surface area contributed by atoms with E-state index in [0.29, 0.717) is 26.1 Å². The average molecular weight is 468 g/mol. The van der Waals surface area contributed by atoms with E-state index < -0.39 is 12.0 Å². The first-order valence-corrected chi connectivity index (χ1v) is 10.9. The molecule has 4 rings (SSSR count). The lowest BCUT2D eigenvalue weighted by Gasteiger charge is -2.23. The highest BCUT2D eigenvalue weighted by Crippen LogP contribution is 2.29. The molecule has 0 radical (unpaired) electrons. The Labute approximate surface area is 196 Å². The second-order valence-electron chi connectivity index (χ2n) is 8.10. The van der Waals surface area contributed by atoms with Crippen molar-refractivity contribution < 1.29 is 23.5 Å². The summed E-state index contributed by atoms with van der Waals surface area (Å²) in [6.45, 7) is 1.36. The van der Waals surface area contributed by atoms with Crippen molar-refractivity contribution in [2.75, 3.05) is 20.8 Å². The third-order valence-corrected chi connectivity index (χ3v) is 5.89. The van der Waals surface area contributed by atoms with E-state index in [1.807, 2.05) is 29.2 Å². The van der Waals surface area contributed by atoms with Crippen molar-refractivity contribution in [2.45, 2.75) is 31.6 Å². The van der Waals surface area contributed by atoms with Crippen LogP contribution >= 0.6 is 0 Å². The zero-order valence-corrected chi connectivity index (χ0v) is 19.0.